The highest BCUT2D eigenvalue weighted by atomic mass is 31.2. The van der Waals surface area contributed by atoms with Crippen molar-refractivity contribution in [3.63, 3.8) is 0 Å². The minimum absolute atomic E-state index is 0.374. The van der Waals surface area contributed by atoms with Crippen molar-refractivity contribution in [1.29, 1.82) is 0 Å². The van der Waals surface area contributed by atoms with Gasteiger partial charge in [-0.3, -0.25) is 4.79 Å². The monoisotopic (exact) mass is 285 g/mol. The molecule has 0 N–H and O–H groups in total. The highest BCUT2D eigenvalue weighted by molar-refractivity contribution is 7.51. The van der Waals surface area contributed by atoms with Gasteiger partial charge in [-0.1, -0.05) is 18.2 Å². The van der Waals surface area contributed by atoms with Crippen molar-refractivity contribution in [2.45, 2.75) is 20.8 Å². The van der Waals surface area contributed by atoms with E-state index >= 15 is 0 Å². The Morgan fingerprint density at radius 1 is 1.00 bits per heavy atom. The summed E-state index contributed by atoms with van der Waals surface area (Å²) < 4.78 is 20.5. The van der Waals surface area contributed by atoms with Crippen molar-refractivity contribution in [2.24, 2.45) is 4.74 Å². The van der Waals surface area contributed by atoms with Crippen LogP contribution >= 0.6 is 7.74 Å². The van der Waals surface area contributed by atoms with Gasteiger partial charge in [-0.25, -0.2) is 0 Å². The number of hydrogen-bond acceptors (Lipinski definition) is 4. The fraction of sp³-hybridized carbons (Fsp3) is 0.462. The molecule has 0 bridgehead atoms. The number of rotatable bonds is 7. The summed E-state index contributed by atoms with van der Waals surface area (Å²) in [6.07, 6.45) is 0. The van der Waals surface area contributed by atoms with E-state index in [2.05, 4.69) is 4.74 Å². The third kappa shape index (κ3) is 4.88. The lowest BCUT2D eigenvalue weighted by Crippen LogP contribution is -2.04. The van der Waals surface area contributed by atoms with E-state index in [0.29, 0.717) is 25.4 Å². The third-order valence-electron chi connectivity index (χ3n) is 2.11. The summed E-state index contributed by atoms with van der Waals surface area (Å²) in [4.78, 5) is 12.1. The van der Waals surface area contributed by atoms with Gasteiger partial charge in [-0.15, -0.1) is 0 Å². The van der Waals surface area contributed by atoms with Crippen LogP contribution in [0.25, 0.3) is 0 Å². The first-order valence-corrected chi connectivity index (χ1v) is 7.82. The minimum atomic E-state index is -2.94. The molecule has 0 aliphatic carbocycles. The van der Waals surface area contributed by atoms with E-state index in [1.807, 2.05) is 26.8 Å². The lowest BCUT2D eigenvalue weighted by Gasteiger charge is -2.21. The Morgan fingerprint density at radius 2 is 1.47 bits per heavy atom. The Kier molecular flexibility index (Phi) is 6.95. The lowest BCUT2D eigenvalue weighted by molar-refractivity contribution is 0.0988. The Balaban J connectivity index is 3.07. The molecule has 106 valence electrons. The summed E-state index contributed by atoms with van der Waals surface area (Å²) in [6.45, 7) is 6.57. The standard InChI is InChI=1S/C13H20NO4P/c1-4-16-19(17-5-2,18-6-3)14-13(15)12-10-8-7-9-11-12/h7-11H,4-6H2,1-3H3. The second-order valence-electron chi connectivity index (χ2n) is 3.49. The Morgan fingerprint density at radius 3 is 1.89 bits per heavy atom. The van der Waals surface area contributed by atoms with Crippen LogP contribution in [0.2, 0.25) is 0 Å². The van der Waals surface area contributed by atoms with Crippen LogP contribution in [-0.4, -0.2) is 25.7 Å². The number of nitrogens with zero attached hydrogens (tertiary/aromatic N) is 1. The van der Waals surface area contributed by atoms with Crippen molar-refractivity contribution in [3.8, 4) is 0 Å². The maximum atomic E-state index is 12.1. The molecule has 0 saturated carbocycles. The van der Waals surface area contributed by atoms with Gasteiger partial charge in [0.15, 0.2) is 0 Å². The van der Waals surface area contributed by atoms with E-state index in [1.165, 1.54) is 0 Å². The van der Waals surface area contributed by atoms with Crippen LogP contribution in [0.15, 0.2) is 35.1 Å². The van der Waals surface area contributed by atoms with Crippen LogP contribution in [0.1, 0.15) is 31.1 Å². The SMILES string of the molecule is CCOP(=NC(=O)c1ccccc1)(OCC)OCC. The molecule has 0 aliphatic heterocycles. The van der Waals surface area contributed by atoms with Gasteiger partial charge in [-0.05, 0) is 32.9 Å². The molecule has 6 heteroatoms. The molecule has 1 rings (SSSR count). The minimum Gasteiger partial charge on any atom is -0.303 e. The summed E-state index contributed by atoms with van der Waals surface area (Å²) in [5.41, 5.74) is 0.492. The molecule has 1 aromatic carbocycles. The molecule has 0 saturated heterocycles. The zero-order chi connectivity index (χ0) is 14.1. The predicted molar refractivity (Wildman–Crippen MR) is 75.0 cm³/mol. The van der Waals surface area contributed by atoms with Gasteiger partial charge >= 0.3 is 7.74 Å². The molecule has 1 aromatic rings. The maximum absolute atomic E-state index is 12.1. The maximum Gasteiger partial charge on any atom is 0.363 e. The molecule has 0 aliphatic rings. The number of hydrogen-bond donors (Lipinski definition) is 0. The van der Waals surface area contributed by atoms with Gasteiger partial charge in [0.2, 0.25) is 0 Å². The highest BCUT2D eigenvalue weighted by Gasteiger charge is 2.24. The van der Waals surface area contributed by atoms with Crippen LogP contribution < -0.4 is 0 Å². The normalized spacial score (nSPS) is 11.3. The Hall–Kier alpha value is -1.00. The van der Waals surface area contributed by atoms with Crippen molar-refractivity contribution in [3.05, 3.63) is 35.9 Å². The summed E-state index contributed by atoms with van der Waals surface area (Å²) in [5, 5.41) is 0. The summed E-state index contributed by atoms with van der Waals surface area (Å²) in [5.74, 6) is -0.385. The van der Waals surface area contributed by atoms with Crippen molar-refractivity contribution >= 4 is 13.6 Å². The van der Waals surface area contributed by atoms with Crippen molar-refractivity contribution < 1.29 is 18.4 Å². The quantitative estimate of drug-likeness (QED) is 0.713. The topological polar surface area (TPSA) is 57.1 Å². The van der Waals surface area contributed by atoms with Crippen LogP contribution in [0, 0.1) is 0 Å². The van der Waals surface area contributed by atoms with Gasteiger partial charge < -0.3 is 13.6 Å². The Bertz CT molecular complexity index is 423. The van der Waals surface area contributed by atoms with Gasteiger partial charge in [0.05, 0.1) is 19.8 Å². The van der Waals surface area contributed by atoms with Gasteiger partial charge in [0.25, 0.3) is 5.91 Å². The summed E-state index contributed by atoms with van der Waals surface area (Å²) in [6, 6.07) is 8.80. The van der Waals surface area contributed by atoms with Crippen LogP contribution in [0.4, 0.5) is 0 Å². The van der Waals surface area contributed by atoms with Crippen LogP contribution in [-0.2, 0) is 13.6 Å². The van der Waals surface area contributed by atoms with E-state index in [4.69, 9.17) is 13.6 Å². The van der Waals surface area contributed by atoms with Gasteiger partial charge in [0, 0.05) is 5.56 Å². The average molecular weight is 285 g/mol. The molecule has 0 aromatic heterocycles. The molecule has 0 spiro atoms. The van der Waals surface area contributed by atoms with E-state index < -0.39 is 7.74 Å². The molecule has 1 amide bonds. The highest BCUT2D eigenvalue weighted by Crippen LogP contribution is 2.53. The largest absolute Gasteiger partial charge is 0.363 e. The second kappa shape index (κ2) is 8.23. The third-order valence-corrected chi connectivity index (χ3v) is 4.29. The molecule has 0 atom stereocenters. The predicted octanol–water partition coefficient (Wildman–Crippen LogP) is 3.88. The molecular formula is C13H20NO4P. The molecule has 19 heavy (non-hydrogen) atoms. The number of carbonyl (C=O) groups excluding carboxylic acids is 1. The summed E-state index contributed by atoms with van der Waals surface area (Å²) >= 11 is 0. The smallest absolute Gasteiger partial charge is 0.303 e. The average Bonchev–Trinajstić information content (AvgIpc) is 2.40. The summed E-state index contributed by atoms with van der Waals surface area (Å²) in [7, 11) is -2.94. The molecule has 0 fully saturated rings. The first kappa shape index (κ1) is 16.1. The number of carbonyl (C=O) groups is 1. The molecule has 0 unspecified atom stereocenters. The van der Waals surface area contributed by atoms with Crippen LogP contribution in [0.3, 0.4) is 0 Å². The zero-order valence-corrected chi connectivity index (χ0v) is 12.4. The molecule has 0 heterocycles. The number of amides is 1. The van der Waals surface area contributed by atoms with Crippen molar-refractivity contribution in [2.75, 3.05) is 19.8 Å². The first-order chi connectivity index (χ1) is 9.17. The first-order valence-electron chi connectivity index (χ1n) is 6.32. The molecule has 5 nitrogen and oxygen atoms in total. The lowest BCUT2D eigenvalue weighted by atomic mass is 10.2. The van der Waals surface area contributed by atoms with E-state index in [-0.39, 0.29) is 5.91 Å². The van der Waals surface area contributed by atoms with Crippen molar-refractivity contribution in [1.82, 2.24) is 0 Å². The fourth-order valence-corrected chi connectivity index (χ4v) is 3.15. The van der Waals surface area contributed by atoms with E-state index in [0.717, 1.165) is 0 Å². The zero-order valence-electron chi connectivity index (χ0n) is 11.5. The van der Waals surface area contributed by atoms with E-state index in [1.54, 1.807) is 24.3 Å². The molecular weight excluding hydrogens is 265 g/mol. The fourth-order valence-electron chi connectivity index (χ4n) is 1.44. The second-order valence-corrected chi connectivity index (χ2v) is 5.40. The van der Waals surface area contributed by atoms with Gasteiger partial charge in [0.1, 0.15) is 0 Å². The van der Waals surface area contributed by atoms with Crippen LogP contribution in [0.5, 0.6) is 0 Å². The Labute approximate surface area is 114 Å². The molecule has 0 radical (unpaired) electrons. The van der Waals surface area contributed by atoms with E-state index in [9.17, 15) is 4.79 Å². The van der Waals surface area contributed by atoms with Gasteiger partial charge in [-0.2, -0.15) is 4.74 Å². The number of benzene rings is 1.